The summed E-state index contributed by atoms with van der Waals surface area (Å²) in [5.41, 5.74) is 2.73. The first-order valence-corrected chi connectivity index (χ1v) is 8.98. The van der Waals surface area contributed by atoms with Crippen molar-refractivity contribution in [2.24, 2.45) is 0 Å². The molecule has 0 saturated heterocycles. The number of esters is 2. The average molecular weight is 377 g/mol. The van der Waals surface area contributed by atoms with Gasteiger partial charge in [0, 0.05) is 25.8 Å². The lowest BCUT2D eigenvalue weighted by Crippen LogP contribution is -2.53. The lowest BCUT2D eigenvalue weighted by Gasteiger charge is -2.38. The van der Waals surface area contributed by atoms with Crippen LogP contribution in [0.2, 0.25) is 0 Å². The highest BCUT2D eigenvalue weighted by molar-refractivity contribution is 5.77. The van der Waals surface area contributed by atoms with E-state index in [1.807, 2.05) is 27.7 Å². The summed E-state index contributed by atoms with van der Waals surface area (Å²) in [6, 6.07) is 0. The van der Waals surface area contributed by atoms with Gasteiger partial charge in [-0.05, 0) is 50.8 Å². The van der Waals surface area contributed by atoms with Gasteiger partial charge in [0.15, 0.2) is 5.72 Å². The number of fused-ring (bicyclic) bond motifs is 1. The van der Waals surface area contributed by atoms with Crippen molar-refractivity contribution in [1.29, 1.82) is 0 Å². The maximum Gasteiger partial charge on any atom is 0.308 e. The van der Waals surface area contributed by atoms with E-state index in [4.69, 9.17) is 14.2 Å². The van der Waals surface area contributed by atoms with E-state index in [0.717, 1.165) is 28.0 Å². The van der Waals surface area contributed by atoms with Crippen molar-refractivity contribution in [2.75, 3.05) is 6.61 Å². The molecule has 0 fully saturated rings. The molecule has 0 aliphatic carbocycles. The van der Waals surface area contributed by atoms with Crippen molar-refractivity contribution in [2.45, 2.75) is 66.5 Å². The predicted molar refractivity (Wildman–Crippen MR) is 98.7 cm³/mol. The largest absolute Gasteiger partial charge is 0.468 e. The molecule has 7 heteroatoms. The summed E-state index contributed by atoms with van der Waals surface area (Å²) in [6.07, 6.45) is 1.33. The molecule has 1 unspecified atom stereocenters. The average Bonchev–Trinajstić information content (AvgIpc) is 2.55. The lowest BCUT2D eigenvalue weighted by molar-refractivity contribution is -0.142. The number of nitrogens with one attached hydrogen (secondary N) is 1. The molecule has 2 rings (SSSR count). The van der Waals surface area contributed by atoms with Crippen LogP contribution in [0.1, 0.15) is 55.9 Å². The zero-order valence-corrected chi connectivity index (χ0v) is 16.8. The molecule has 7 nitrogen and oxygen atoms in total. The van der Waals surface area contributed by atoms with Crippen LogP contribution >= 0.6 is 0 Å². The first-order valence-electron chi connectivity index (χ1n) is 8.98. The van der Waals surface area contributed by atoms with Crippen molar-refractivity contribution in [3.05, 3.63) is 22.3 Å². The van der Waals surface area contributed by atoms with Crippen LogP contribution in [0.15, 0.2) is 0 Å². The summed E-state index contributed by atoms with van der Waals surface area (Å²) in [6.45, 7) is 10.3. The normalized spacial score (nSPS) is 18.1. The minimum absolute atomic E-state index is 0.0385. The van der Waals surface area contributed by atoms with Gasteiger partial charge >= 0.3 is 11.9 Å². The van der Waals surface area contributed by atoms with Crippen LogP contribution in [0, 0.1) is 20.8 Å². The summed E-state index contributed by atoms with van der Waals surface area (Å²) in [4.78, 5) is 34.4. The van der Waals surface area contributed by atoms with Crippen LogP contribution in [-0.2, 0) is 25.5 Å². The van der Waals surface area contributed by atoms with Crippen LogP contribution in [0.4, 0.5) is 0 Å². The van der Waals surface area contributed by atoms with Gasteiger partial charge in [-0.1, -0.05) is 0 Å². The third-order valence-electron chi connectivity index (χ3n) is 4.77. The van der Waals surface area contributed by atoms with Crippen LogP contribution in [-0.4, -0.2) is 30.2 Å². The van der Waals surface area contributed by atoms with E-state index >= 15 is 0 Å². The number of rotatable bonds is 5. The number of amides is 1. The number of ether oxygens (including phenoxy) is 3. The van der Waals surface area contributed by atoms with Crippen LogP contribution in [0.5, 0.6) is 11.5 Å². The molecule has 1 aliphatic heterocycles. The van der Waals surface area contributed by atoms with Crippen molar-refractivity contribution >= 4 is 17.8 Å². The Balaban J connectivity index is 2.21. The molecule has 0 radical (unpaired) electrons. The van der Waals surface area contributed by atoms with Gasteiger partial charge < -0.3 is 19.5 Å². The Morgan fingerprint density at radius 2 is 1.74 bits per heavy atom. The Kier molecular flexibility index (Phi) is 6.13. The molecule has 0 bridgehead atoms. The molecule has 0 aromatic heterocycles. The Morgan fingerprint density at radius 3 is 2.33 bits per heavy atom. The quantitative estimate of drug-likeness (QED) is 0.627. The molecule has 1 amide bonds. The van der Waals surface area contributed by atoms with Gasteiger partial charge in [-0.3, -0.25) is 14.4 Å². The fourth-order valence-corrected chi connectivity index (χ4v) is 3.26. The number of hydrogen-bond acceptors (Lipinski definition) is 6. The molecule has 1 aliphatic rings. The minimum atomic E-state index is -0.854. The Hall–Kier alpha value is -2.57. The van der Waals surface area contributed by atoms with E-state index in [-0.39, 0.29) is 24.9 Å². The first-order chi connectivity index (χ1) is 12.5. The fourth-order valence-electron chi connectivity index (χ4n) is 3.26. The molecule has 1 aromatic rings. The molecular weight excluding hydrogens is 350 g/mol. The van der Waals surface area contributed by atoms with E-state index in [1.165, 1.54) is 13.8 Å². The third-order valence-corrected chi connectivity index (χ3v) is 4.77. The van der Waals surface area contributed by atoms with E-state index < -0.39 is 11.7 Å². The van der Waals surface area contributed by atoms with E-state index in [2.05, 4.69) is 5.32 Å². The highest BCUT2D eigenvalue weighted by Gasteiger charge is 2.36. The smallest absolute Gasteiger partial charge is 0.308 e. The van der Waals surface area contributed by atoms with Gasteiger partial charge in [-0.2, -0.15) is 0 Å². The second-order valence-electron chi connectivity index (χ2n) is 7.08. The molecule has 0 spiro atoms. The van der Waals surface area contributed by atoms with Gasteiger partial charge in [0.25, 0.3) is 0 Å². The summed E-state index contributed by atoms with van der Waals surface area (Å²) in [5, 5.41) is 2.89. The molecule has 0 saturated carbocycles. The molecule has 148 valence electrons. The predicted octanol–water partition coefficient (Wildman–Crippen LogP) is 2.65. The maximum absolute atomic E-state index is 12.2. The summed E-state index contributed by atoms with van der Waals surface area (Å²) < 4.78 is 16.4. The zero-order chi connectivity index (χ0) is 20.4. The molecule has 1 atom stereocenters. The second kappa shape index (κ2) is 7.98. The standard InChI is InChI=1S/C20H27NO6/c1-11-12(2)19-16(13(3)18(11)26-15(5)23)7-9-20(6,27-19)21-17(24)8-10-25-14(4)22/h7-10H2,1-6H3,(H,21,24). The Morgan fingerprint density at radius 1 is 1.07 bits per heavy atom. The molecular formula is C20H27NO6. The van der Waals surface area contributed by atoms with Crippen LogP contribution < -0.4 is 14.8 Å². The lowest BCUT2D eigenvalue weighted by atomic mass is 9.90. The van der Waals surface area contributed by atoms with Crippen molar-refractivity contribution < 1.29 is 28.6 Å². The highest BCUT2D eigenvalue weighted by atomic mass is 16.5. The number of hydrogen-bond donors (Lipinski definition) is 1. The molecule has 1 aromatic carbocycles. The van der Waals surface area contributed by atoms with E-state index in [9.17, 15) is 14.4 Å². The third kappa shape index (κ3) is 4.78. The summed E-state index contributed by atoms with van der Waals surface area (Å²) in [5.74, 6) is 0.278. The maximum atomic E-state index is 12.2. The monoisotopic (exact) mass is 377 g/mol. The van der Waals surface area contributed by atoms with Crippen molar-refractivity contribution in [3.8, 4) is 11.5 Å². The number of carbonyl (C=O) groups excluding carboxylic acids is 3. The van der Waals surface area contributed by atoms with E-state index in [0.29, 0.717) is 18.6 Å². The molecule has 1 N–H and O–H groups in total. The highest BCUT2D eigenvalue weighted by Crippen LogP contribution is 2.43. The first kappa shape index (κ1) is 20.7. The fraction of sp³-hybridized carbons (Fsp3) is 0.550. The molecule has 1 heterocycles. The van der Waals surface area contributed by atoms with Gasteiger partial charge in [0.1, 0.15) is 18.1 Å². The Bertz CT molecular complexity index is 785. The number of carbonyl (C=O) groups is 3. The van der Waals surface area contributed by atoms with Gasteiger partial charge in [-0.25, -0.2) is 0 Å². The van der Waals surface area contributed by atoms with Crippen LogP contribution in [0.3, 0.4) is 0 Å². The van der Waals surface area contributed by atoms with Crippen LogP contribution in [0.25, 0.3) is 0 Å². The minimum Gasteiger partial charge on any atom is -0.468 e. The van der Waals surface area contributed by atoms with E-state index in [1.54, 1.807) is 0 Å². The van der Waals surface area contributed by atoms with Crippen molar-refractivity contribution in [1.82, 2.24) is 5.32 Å². The van der Waals surface area contributed by atoms with Crippen molar-refractivity contribution in [3.63, 3.8) is 0 Å². The topological polar surface area (TPSA) is 90.9 Å². The summed E-state index contributed by atoms with van der Waals surface area (Å²) >= 11 is 0. The second-order valence-corrected chi connectivity index (χ2v) is 7.08. The molecule has 27 heavy (non-hydrogen) atoms. The van der Waals surface area contributed by atoms with Gasteiger partial charge in [-0.15, -0.1) is 0 Å². The SMILES string of the molecule is CC(=O)OCCC(=O)NC1(C)CCc2c(C)c(OC(C)=O)c(C)c(C)c2O1. The number of benzene rings is 1. The zero-order valence-electron chi connectivity index (χ0n) is 16.8. The Labute approximate surface area is 159 Å². The van der Waals surface area contributed by atoms with Gasteiger partial charge in [0.2, 0.25) is 5.91 Å². The summed E-state index contributed by atoms with van der Waals surface area (Å²) in [7, 11) is 0. The van der Waals surface area contributed by atoms with Gasteiger partial charge in [0.05, 0.1) is 6.42 Å².